The lowest BCUT2D eigenvalue weighted by Crippen LogP contribution is -2.46. The molecule has 2 saturated carbocycles. The molecule has 130 valence electrons. The first-order valence-corrected chi connectivity index (χ1v) is 9.34. The van der Waals surface area contributed by atoms with Gasteiger partial charge in [-0.05, 0) is 79.0 Å². The zero-order valence-corrected chi connectivity index (χ0v) is 14.7. The minimum absolute atomic E-state index is 0.203. The number of carbonyl (C=O) groups excluding carboxylic acids is 1. The van der Waals surface area contributed by atoms with Gasteiger partial charge in [-0.2, -0.15) is 0 Å². The van der Waals surface area contributed by atoms with Gasteiger partial charge in [0.15, 0.2) is 0 Å². The van der Waals surface area contributed by atoms with Crippen LogP contribution in [0.5, 0.6) is 5.75 Å². The quantitative estimate of drug-likeness (QED) is 0.802. The molecule has 0 amide bonds. The summed E-state index contributed by atoms with van der Waals surface area (Å²) >= 11 is 0. The molecule has 4 rings (SSSR count). The lowest BCUT2D eigenvalue weighted by molar-refractivity contribution is -0.131. The van der Waals surface area contributed by atoms with Crippen molar-refractivity contribution in [2.24, 2.45) is 23.2 Å². The van der Waals surface area contributed by atoms with Gasteiger partial charge >= 0.3 is 0 Å². The molecule has 0 saturated heterocycles. The monoisotopic (exact) mass is 330 g/mol. The molecule has 3 heteroatoms. The Hall–Kier alpha value is -1.38. The molecule has 0 aliphatic heterocycles. The Bertz CT molecular complexity index is 655. The van der Waals surface area contributed by atoms with E-state index in [1.807, 2.05) is 6.07 Å². The predicted molar refractivity (Wildman–Crippen MR) is 92.1 cm³/mol. The van der Waals surface area contributed by atoms with Crippen LogP contribution < -0.4 is 4.74 Å². The number of hydrogen-bond acceptors (Lipinski definition) is 2. The first kappa shape index (κ1) is 16.1. The van der Waals surface area contributed by atoms with Crippen LogP contribution in [0.4, 0.5) is 4.39 Å². The average molecular weight is 330 g/mol. The van der Waals surface area contributed by atoms with Gasteiger partial charge in [-0.15, -0.1) is 0 Å². The van der Waals surface area contributed by atoms with Crippen molar-refractivity contribution in [3.8, 4) is 5.75 Å². The van der Waals surface area contributed by atoms with Crippen molar-refractivity contribution >= 4 is 5.78 Å². The number of rotatable bonds is 3. The third kappa shape index (κ3) is 2.23. The Kier molecular flexibility index (Phi) is 3.93. The second-order valence-electron chi connectivity index (χ2n) is 8.22. The highest BCUT2D eigenvalue weighted by molar-refractivity contribution is 5.87. The van der Waals surface area contributed by atoms with E-state index in [0.29, 0.717) is 30.0 Å². The van der Waals surface area contributed by atoms with Gasteiger partial charge in [0.05, 0.1) is 13.8 Å². The molecular weight excluding hydrogens is 303 g/mol. The fourth-order valence-corrected chi connectivity index (χ4v) is 6.18. The van der Waals surface area contributed by atoms with Gasteiger partial charge in [0.1, 0.15) is 11.5 Å². The molecule has 3 aliphatic carbocycles. The van der Waals surface area contributed by atoms with Gasteiger partial charge in [-0.3, -0.25) is 9.18 Å². The highest BCUT2D eigenvalue weighted by atomic mass is 19.1. The molecule has 1 aromatic rings. The maximum absolute atomic E-state index is 13.3. The van der Waals surface area contributed by atoms with Crippen LogP contribution in [0.2, 0.25) is 0 Å². The lowest BCUT2D eigenvalue weighted by atomic mass is 9.51. The van der Waals surface area contributed by atoms with Gasteiger partial charge < -0.3 is 4.74 Å². The molecule has 0 N–H and O–H groups in total. The maximum Gasteiger partial charge on any atom is 0.139 e. The maximum atomic E-state index is 13.3. The van der Waals surface area contributed by atoms with E-state index in [-0.39, 0.29) is 18.0 Å². The lowest BCUT2D eigenvalue weighted by Gasteiger charge is -2.52. The number of aryl methyl sites for hydroxylation is 1. The van der Waals surface area contributed by atoms with E-state index in [1.54, 1.807) is 7.11 Å². The van der Waals surface area contributed by atoms with Crippen molar-refractivity contribution in [3.05, 3.63) is 29.3 Å². The summed E-state index contributed by atoms with van der Waals surface area (Å²) in [7, 11) is 1.70. The molecule has 0 heterocycles. The van der Waals surface area contributed by atoms with Gasteiger partial charge in [0, 0.05) is 11.8 Å². The summed E-state index contributed by atoms with van der Waals surface area (Å²) in [6.45, 7) is 1.88. The number of benzene rings is 1. The number of fused-ring (bicyclic) bond motifs is 5. The summed E-state index contributed by atoms with van der Waals surface area (Å²) in [6, 6.07) is 6.41. The molecule has 1 aromatic carbocycles. The van der Waals surface area contributed by atoms with E-state index in [0.717, 1.165) is 37.9 Å². The molecule has 0 spiro atoms. The highest BCUT2D eigenvalue weighted by Gasteiger charge is 2.57. The Balaban J connectivity index is 1.76. The molecule has 3 aliphatic rings. The summed E-state index contributed by atoms with van der Waals surface area (Å²) in [5.74, 6) is 3.06. The van der Waals surface area contributed by atoms with Crippen LogP contribution in [0.25, 0.3) is 0 Å². The van der Waals surface area contributed by atoms with E-state index >= 15 is 0 Å². The Labute approximate surface area is 143 Å². The van der Waals surface area contributed by atoms with Gasteiger partial charge in [0.2, 0.25) is 0 Å². The van der Waals surface area contributed by atoms with Crippen molar-refractivity contribution in [2.45, 2.75) is 51.4 Å². The summed E-state index contributed by atoms with van der Waals surface area (Å²) in [5, 5.41) is 0. The molecule has 5 atom stereocenters. The topological polar surface area (TPSA) is 26.3 Å². The molecule has 3 unspecified atom stereocenters. The van der Waals surface area contributed by atoms with Crippen molar-refractivity contribution in [2.75, 3.05) is 13.8 Å². The van der Waals surface area contributed by atoms with E-state index in [2.05, 4.69) is 19.1 Å². The first-order valence-electron chi connectivity index (χ1n) is 9.34. The third-order valence-corrected chi connectivity index (χ3v) is 7.25. The van der Waals surface area contributed by atoms with E-state index < -0.39 is 0 Å². The van der Waals surface area contributed by atoms with Crippen LogP contribution in [0.1, 0.15) is 56.1 Å². The SMILES string of the molecule is COc1ccc2c(c1)CCC1C2[C@@H](CCF)C[C@]2(C)C(=O)CCC12. The van der Waals surface area contributed by atoms with Crippen LogP contribution in [-0.2, 0) is 11.2 Å². The van der Waals surface area contributed by atoms with Crippen LogP contribution in [-0.4, -0.2) is 19.6 Å². The van der Waals surface area contributed by atoms with Crippen LogP contribution in [0.15, 0.2) is 18.2 Å². The Morgan fingerprint density at radius 1 is 1.29 bits per heavy atom. The molecule has 2 nitrogen and oxygen atoms in total. The number of alkyl halides is 1. The molecule has 0 bridgehead atoms. The number of ether oxygens (including phenoxy) is 1. The zero-order chi connectivity index (χ0) is 16.9. The number of halogens is 1. The van der Waals surface area contributed by atoms with E-state index in [9.17, 15) is 9.18 Å². The minimum atomic E-state index is -0.283. The highest BCUT2D eigenvalue weighted by Crippen LogP contribution is 2.62. The molecular formula is C21H27FO2. The Morgan fingerprint density at radius 3 is 2.88 bits per heavy atom. The average Bonchev–Trinajstić information content (AvgIpc) is 2.89. The summed E-state index contributed by atoms with van der Waals surface area (Å²) in [5.41, 5.74) is 2.56. The third-order valence-electron chi connectivity index (χ3n) is 7.25. The van der Waals surface area contributed by atoms with Crippen molar-refractivity contribution in [1.29, 1.82) is 0 Å². The van der Waals surface area contributed by atoms with Crippen molar-refractivity contribution < 1.29 is 13.9 Å². The summed E-state index contributed by atoms with van der Waals surface area (Å²) in [4.78, 5) is 12.6. The molecule has 2 fully saturated rings. The number of Topliss-reactive ketones (excluding diaryl/α,β-unsaturated/α-hetero) is 1. The van der Waals surface area contributed by atoms with Crippen LogP contribution in [0, 0.1) is 23.2 Å². The van der Waals surface area contributed by atoms with Crippen molar-refractivity contribution in [3.63, 3.8) is 0 Å². The fraction of sp³-hybridized carbons (Fsp3) is 0.667. The minimum Gasteiger partial charge on any atom is -0.497 e. The number of hydrogen-bond donors (Lipinski definition) is 0. The predicted octanol–water partition coefficient (Wildman–Crippen LogP) is 4.71. The number of carbonyl (C=O) groups is 1. The largest absolute Gasteiger partial charge is 0.497 e. The van der Waals surface area contributed by atoms with Gasteiger partial charge in [-0.25, -0.2) is 0 Å². The van der Waals surface area contributed by atoms with Crippen LogP contribution >= 0.6 is 0 Å². The van der Waals surface area contributed by atoms with Gasteiger partial charge in [-0.1, -0.05) is 13.0 Å². The fourth-order valence-electron chi connectivity index (χ4n) is 6.18. The summed E-state index contributed by atoms with van der Waals surface area (Å²) < 4.78 is 18.7. The number of ketones is 1. The first-order chi connectivity index (χ1) is 11.6. The number of methoxy groups -OCH3 is 1. The zero-order valence-electron chi connectivity index (χ0n) is 14.7. The van der Waals surface area contributed by atoms with Crippen LogP contribution in [0.3, 0.4) is 0 Å². The standard InChI is InChI=1S/C21H27FO2/c1-21-12-14(9-10-22)20-16-6-4-15(24-2)11-13(16)3-5-17(20)18(21)7-8-19(21)23/h4,6,11,14,17-18,20H,3,5,7-10,12H2,1-2H3/t14-,17?,18?,20?,21-/m0/s1. The van der Waals surface area contributed by atoms with E-state index in [1.165, 1.54) is 11.1 Å². The van der Waals surface area contributed by atoms with Gasteiger partial charge in [0.25, 0.3) is 0 Å². The summed E-state index contributed by atoms with van der Waals surface area (Å²) in [6.07, 6.45) is 5.39. The molecule has 0 radical (unpaired) electrons. The molecule has 0 aromatic heterocycles. The van der Waals surface area contributed by atoms with Crippen molar-refractivity contribution in [1.82, 2.24) is 0 Å². The van der Waals surface area contributed by atoms with E-state index in [4.69, 9.17) is 4.74 Å². The second-order valence-corrected chi connectivity index (χ2v) is 8.22. The smallest absolute Gasteiger partial charge is 0.139 e. The normalized spacial score (nSPS) is 37.5. The molecule has 24 heavy (non-hydrogen) atoms. The second kappa shape index (κ2) is 5.86. The Morgan fingerprint density at radius 2 is 2.12 bits per heavy atom.